The van der Waals surface area contributed by atoms with Crippen molar-refractivity contribution in [3.63, 3.8) is 0 Å². The van der Waals surface area contributed by atoms with Gasteiger partial charge in [-0.25, -0.2) is 5.84 Å². The number of nitrogens with zero attached hydrogens (tertiary/aromatic N) is 1. The second-order valence-corrected chi connectivity index (χ2v) is 4.97. The van der Waals surface area contributed by atoms with E-state index in [9.17, 15) is 4.79 Å². The van der Waals surface area contributed by atoms with E-state index in [1.165, 1.54) is 5.56 Å². The lowest BCUT2D eigenvalue weighted by Crippen LogP contribution is -2.33. The Hall–Kier alpha value is -1.43. The Balaban J connectivity index is 2.67. The Morgan fingerprint density at radius 1 is 1.35 bits per heavy atom. The van der Waals surface area contributed by atoms with Gasteiger partial charge in [0, 0.05) is 13.1 Å². The number of aliphatic hydroxyl groups excluding tert-OH is 1. The zero-order valence-electron chi connectivity index (χ0n) is 12.3. The van der Waals surface area contributed by atoms with Crippen LogP contribution in [0.2, 0.25) is 0 Å². The van der Waals surface area contributed by atoms with Crippen LogP contribution >= 0.6 is 0 Å². The second kappa shape index (κ2) is 8.68. The van der Waals surface area contributed by atoms with Crippen molar-refractivity contribution in [2.75, 3.05) is 19.7 Å². The Bertz CT molecular complexity index is 400. The molecule has 0 spiro atoms. The van der Waals surface area contributed by atoms with E-state index >= 15 is 0 Å². The van der Waals surface area contributed by atoms with Gasteiger partial charge in [0.2, 0.25) is 5.91 Å². The van der Waals surface area contributed by atoms with Crippen molar-refractivity contribution in [2.45, 2.75) is 32.7 Å². The van der Waals surface area contributed by atoms with Gasteiger partial charge in [-0.1, -0.05) is 31.2 Å². The molecule has 5 heteroatoms. The lowest BCUT2D eigenvalue weighted by atomic mass is 9.99. The van der Waals surface area contributed by atoms with Crippen LogP contribution in [0.15, 0.2) is 24.3 Å². The van der Waals surface area contributed by atoms with Crippen LogP contribution in [-0.4, -0.2) is 35.6 Å². The van der Waals surface area contributed by atoms with Crippen LogP contribution < -0.4 is 11.3 Å². The molecule has 0 heterocycles. The van der Waals surface area contributed by atoms with Crippen molar-refractivity contribution in [3.8, 4) is 0 Å². The molecule has 1 aromatic rings. The van der Waals surface area contributed by atoms with Crippen molar-refractivity contribution in [1.29, 1.82) is 0 Å². The van der Waals surface area contributed by atoms with E-state index in [0.717, 1.165) is 25.1 Å². The van der Waals surface area contributed by atoms with Crippen LogP contribution in [0.4, 0.5) is 0 Å². The van der Waals surface area contributed by atoms with E-state index in [1.54, 1.807) is 0 Å². The first-order valence-electron chi connectivity index (χ1n) is 7.04. The first kappa shape index (κ1) is 16.6. The number of benzene rings is 1. The molecule has 20 heavy (non-hydrogen) atoms. The fraction of sp³-hybridized carbons (Fsp3) is 0.533. The summed E-state index contributed by atoms with van der Waals surface area (Å²) in [4.78, 5) is 13.7. The summed E-state index contributed by atoms with van der Waals surface area (Å²) in [5.74, 6) is 4.70. The third-order valence-electron chi connectivity index (χ3n) is 3.38. The summed E-state index contributed by atoms with van der Waals surface area (Å²) < 4.78 is 0. The molecule has 1 amide bonds. The molecule has 5 nitrogen and oxygen atoms in total. The highest BCUT2D eigenvalue weighted by Crippen LogP contribution is 2.16. The number of hydrazine groups is 1. The molecule has 0 bridgehead atoms. The Morgan fingerprint density at radius 3 is 2.50 bits per heavy atom. The van der Waals surface area contributed by atoms with Crippen LogP contribution in [0.5, 0.6) is 0 Å². The molecular formula is C15H25N3O2. The number of amides is 1. The van der Waals surface area contributed by atoms with Gasteiger partial charge in [0.15, 0.2) is 0 Å². The molecule has 0 radical (unpaired) electrons. The van der Waals surface area contributed by atoms with Crippen molar-refractivity contribution >= 4 is 5.91 Å². The molecular weight excluding hydrogens is 254 g/mol. The SMILES string of the molecule is CCCN(CCO)Cc1ccc(C(C)C(=O)NN)cc1. The minimum atomic E-state index is -0.252. The van der Waals surface area contributed by atoms with E-state index in [2.05, 4.69) is 17.2 Å². The summed E-state index contributed by atoms with van der Waals surface area (Å²) in [6.07, 6.45) is 1.06. The van der Waals surface area contributed by atoms with Crippen molar-refractivity contribution < 1.29 is 9.90 Å². The van der Waals surface area contributed by atoms with E-state index < -0.39 is 0 Å². The van der Waals surface area contributed by atoms with Crippen molar-refractivity contribution in [1.82, 2.24) is 10.3 Å². The summed E-state index contributed by atoms with van der Waals surface area (Å²) in [5, 5.41) is 9.05. The van der Waals surface area contributed by atoms with Gasteiger partial charge >= 0.3 is 0 Å². The fourth-order valence-electron chi connectivity index (χ4n) is 2.17. The first-order chi connectivity index (χ1) is 9.62. The van der Waals surface area contributed by atoms with Gasteiger partial charge in [0.1, 0.15) is 0 Å². The lowest BCUT2D eigenvalue weighted by molar-refractivity contribution is -0.122. The second-order valence-electron chi connectivity index (χ2n) is 4.97. The van der Waals surface area contributed by atoms with Gasteiger partial charge in [-0.15, -0.1) is 0 Å². The van der Waals surface area contributed by atoms with Gasteiger partial charge < -0.3 is 5.11 Å². The molecule has 112 valence electrons. The minimum absolute atomic E-state index is 0.172. The third-order valence-corrected chi connectivity index (χ3v) is 3.38. The average molecular weight is 279 g/mol. The quantitative estimate of drug-likeness (QED) is 0.376. The largest absolute Gasteiger partial charge is 0.395 e. The monoisotopic (exact) mass is 279 g/mol. The molecule has 0 aromatic heterocycles. The molecule has 0 aliphatic heterocycles. The highest BCUT2D eigenvalue weighted by Gasteiger charge is 2.13. The number of aliphatic hydroxyl groups is 1. The number of rotatable bonds is 8. The summed E-state index contributed by atoms with van der Waals surface area (Å²) in [5.41, 5.74) is 4.29. The lowest BCUT2D eigenvalue weighted by Gasteiger charge is -2.21. The number of nitrogens with one attached hydrogen (secondary N) is 1. The number of hydrogen-bond donors (Lipinski definition) is 3. The van der Waals surface area contributed by atoms with E-state index in [0.29, 0.717) is 6.54 Å². The number of hydrogen-bond acceptors (Lipinski definition) is 4. The van der Waals surface area contributed by atoms with Gasteiger partial charge in [-0.05, 0) is 31.0 Å². The highest BCUT2D eigenvalue weighted by atomic mass is 16.3. The molecule has 0 aliphatic rings. The zero-order valence-corrected chi connectivity index (χ0v) is 12.3. The van der Waals surface area contributed by atoms with E-state index in [-0.39, 0.29) is 18.4 Å². The van der Waals surface area contributed by atoms with Crippen molar-refractivity contribution in [2.24, 2.45) is 5.84 Å². The van der Waals surface area contributed by atoms with Gasteiger partial charge in [-0.3, -0.25) is 15.1 Å². The fourth-order valence-corrected chi connectivity index (χ4v) is 2.17. The zero-order chi connectivity index (χ0) is 15.0. The molecule has 4 N–H and O–H groups in total. The maximum Gasteiger partial charge on any atom is 0.241 e. The molecule has 1 rings (SSSR count). The maximum absolute atomic E-state index is 11.5. The summed E-state index contributed by atoms with van der Waals surface area (Å²) in [6, 6.07) is 7.96. The van der Waals surface area contributed by atoms with Gasteiger partial charge in [0.25, 0.3) is 0 Å². The van der Waals surface area contributed by atoms with Gasteiger partial charge in [0.05, 0.1) is 12.5 Å². The summed E-state index contributed by atoms with van der Waals surface area (Å²) >= 11 is 0. The van der Waals surface area contributed by atoms with E-state index in [1.807, 2.05) is 31.2 Å². The van der Waals surface area contributed by atoms with Crippen LogP contribution in [0.1, 0.15) is 37.3 Å². The van der Waals surface area contributed by atoms with Crippen LogP contribution in [-0.2, 0) is 11.3 Å². The first-order valence-corrected chi connectivity index (χ1v) is 7.04. The standard InChI is InChI=1S/C15H25N3O2/c1-3-8-18(9-10-19)11-13-4-6-14(7-5-13)12(2)15(20)17-16/h4-7,12,19H,3,8-11,16H2,1-2H3,(H,17,20). The Kier molecular flexibility index (Phi) is 7.22. The summed E-state index contributed by atoms with van der Waals surface area (Å²) in [7, 11) is 0. The average Bonchev–Trinajstić information content (AvgIpc) is 2.47. The highest BCUT2D eigenvalue weighted by molar-refractivity contribution is 5.82. The number of carbonyl (C=O) groups is 1. The van der Waals surface area contributed by atoms with Crippen molar-refractivity contribution in [3.05, 3.63) is 35.4 Å². The number of carbonyl (C=O) groups excluding carboxylic acids is 1. The smallest absolute Gasteiger partial charge is 0.241 e. The van der Waals surface area contributed by atoms with Gasteiger partial charge in [-0.2, -0.15) is 0 Å². The van der Waals surface area contributed by atoms with Crippen LogP contribution in [0, 0.1) is 0 Å². The number of nitrogens with two attached hydrogens (primary N) is 1. The normalized spacial score (nSPS) is 12.4. The molecule has 1 aromatic carbocycles. The van der Waals surface area contributed by atoms with E-state index in [4.69, 9.17) is 10.9 Å². The molecule has 1 atom stereocenters. The topological polar surface area (TPSA) is 78.6 Å². The summed E-state index contributed by atoms with van der Waals surface area (Å²) in [6.45, 7) is 6.58. The van der Waals surface area contributed by atoms with Crippen LogP contribution in [0.25, 0.3) is 0 Å². The molecule has 0 aliphatic carbocycles. The third kappa shape index (κ3) is 4.92. The predicted molar refractivity (Wildman–Crippen MR) is 79.8 cm³/mol. The molecule has 0 saturated heterocycles. The Labute approximate surface area is 120 Å². The maximum atomic E-state index is 11.5. The van der Waals surface area contributed by atoms with Crippen LogP contribution in [0.3, 0.4) is 0 Å². The minimum Gasteiger partial charge on any atom is -0.395 e. The molecule has 0 saturated carbocycles. The molecule has 0 fully saturated rings. The predicted octanol–water partition coefficient (Wildman–Crippen LogP) is 0.984. The Morgan fingerprint density at radius 2 is 2.00 bits per heavy atom. The molecule has 1 unspecified atom stereocenters.